The maximum atomic E-state index is 12.3. The largest absolute Gasteiger partial charge is 0.459 e. The van der Waals surface area contributed by atoms with E-state index >= 15 is 0 Å². The quantitative estimate of drug-likeness (QED) is 0.746. The van der Waals surface area contributed by atoms with Gasteiger partial charge in [0.1, 0.15) is 0 Å². The molecule has 3 rings (SSSR count). The molecule has 3 heterocycles. The maximum Gasteiger partial charge on any atom is 0.289 e. The zero-order valence-corrected chi connectivity index (χ0v) is 14.6. The molecule has 1 fully saturated rings. The van der Waals surface area contributed by atoms with Gasteiger partial charge in [0.05, 0.1) is 12.9 Å². The number of ether oxygens (including phenoxy) is 1. The average Bonchev–Trinajstić information content (AvgIpc) is 3.23. The summed E-state index contributed by atoms with van der Waals surface area (Å²) in [6, 6.07) is 6.77. The Morgan fingerprint density at radius 1 is 1.19 bits per heavy atom. The van der Waals surface area contributed by atoms with Gasteiger partial charge in [-0.05, 0) is 24.3 Å². The first-order valence-electron chi connectivity index (χ1n) is 8.37. The Kier molecular flexibility index (Phi) is 5.80. The van der Waals surface area contributed by atoms with Crippen LogP contribution < -0.4 is 10.2 Å². The van der Waals surface area contributed by atoms with Gasteiger partial charge >= 0.3 is 0 Å². The van der Waals surface area contributed by atoms with Crippen molar-refractivity contribution in [1.29, 1.82) is 0 Å². The molecule has 2 aromatic heterocycles. The molecule has 2 aromatic rings. The van der Waals surface area contributed by atoms with E-state index in [1.54, 1.807) is 36.3 Å². The van der Waals surface area contributed by atoms with Gasteiger partial charge in [-0.1, -0.05) is 0 Å². The number of amides is 2. The van der Waals surface area contributed by atoms with E-state index in [4.69, 9.17) is 9.15 Å². The number of methoxy groups -OCH3 is 1. The van der Waals surface area contributed by atoms with Crippen LogP contribution >= 0.6 is 0 Å². The van der Waals surface area contributed by atoms with Gasteiger partial charge in [-0.15, -0.1) is 10.2 Å². The summed E-state index contributed by atoms with van der Waals surface area (Å²) in [6.07, 6.45) is 1.49. The minimum Gasteiger partial charge on any atom is -0.459 e. The Labute approximate surface area is 150 Å². The lowest BCUT2D eigenvalue weighted by molar-refractivity contribution is 0.0714. The fourth-order valence-electron chi connectivity index (χ4n) is 2.67. The van der Waals surface area contributed by atoms with E-state index in [2.05, 4.69) is 15.5 Å². The lowest BCUT2D eigenvalue weighted by Gasteiger charge is -2.34. The lowest BCUT2D eigenvalue weighted by Crippen LogP contribution is -2.49. The summed E-state index contributed by atoms with van der Waals surface area (Å²) in [5.74, 6) is 0.643. The topological polar surface area (TPSA) is 101 Å². The molecular weight excluding hydrogens is 338 g/mol. The minimum atomic E-state index is -0.282. The normalized spacial score (nSPS) is 14.3. The van der Waals surface area contributed by atoms with Gasteiger partial charge in [-0.3, -0.25) is 9.59 Å². The van der Waals surface area contributed by atoms with Crippen molar-refractivity contribution >= 4 is 17.6 Å². The molecule has 138 valence electrons. The van der Waals surface area contributed by atoms with Gasteiger partial charge in [0.15, 0.2) is 17.3 Å². The summed E-state index contributed by atoms with van der Waals surface area (Å²) in [6.45, 7) is 3.28. The van der Waals surface area contributed by atoms with E-state index in [0.29, 0.717) is 50.9 Å². The number of hydrogen-bond acceptors (Lipinski definition) is 7. The van der Waals surface area contributed by atoms with Crippen LogP contribution in [0.15, 0.2) is 34.9 Å². The van der Waals surface area contributed by atoms with E-state index in [1.807, 2.05) is 4.90 Å². The van der Waals surface area contributed by atoms with Crippen LogP contribution in [-0.4, -0.2) is 73.4 Å². The molecule has 1 aliphatic heterocycles. The van der Waals surface area contributed by atoms with Gasteiger partial charge < -0.3 is 24.3 Å². The van der Waals surface area contributed by atoms with E-state index in [-0.39, 0.29) is 17.5 Å². The molecule has 0 aliphatic carbocycles. The molecule has 1 aliphatic rings. The molecular formula is C17H21N5O4. The predicted octanol–water partition coefficient (Wildman–Crippen LogP) is 0.408. The van der Waals surface area contributed by atoms with Crippen LogP contribution in [0.5, 0.6) is 0 Å². The highest BCUT2D eigenvalue weighted by atomic mass is 16.5. The second kappa shape index (κ2) is 8.43. The average molecular weight is 359 g/mol. The van der Waals surface area contributed by atoms with Gasteiger partial charge in [-0.2, -0.15) is 0 Å². The van der Waals surface area contributed by atoms with Crippen LogP contribution in [0, 0.1) is 0 Å². The molecule has 0 atom stereocenters. The Morgan fingerprint density at radius 2 is 2.00 bits per heavy atom. The second-order valence-corrected chi connectivity index (χ2v) is 5.78. The van der Waals surface area contributed by atoms with Gasteiger partial charge in [0.25, 0.3) is 11.8 Å². The lowest BCUT2D eigenvalue weighted by atomic mass is 10.2. The summed E-state index contributed by atoms with van der Waals surface area (Å²) >= 11 is 0. The van der Waals surface area contributed by atoms with Crippen molar-refractivity contribution in [2.75, 3.05) is 51.3 Å². The number of anilines is 1. The molecule has 1 saturated heterocycles. The Balaban J connectivity index is 1.53. The fourth-order valence-corrected chi connectivity index (χ4v) is 2.67. The van der Waals surface area contributed by atoms with Gasteiger partial charge in [0, 0.05) is 39.8 Å². The first-order valence-corrected chi connectivity index (χ1v) is 8.37. The van der Waals surface area contributed by atoms with Crippen LogP contribution in [0.3, 0.4) is 0 Å². The third-order valence-electron chi connectivity index (χ3n) is 4.10. The molecule has 9 heteroatoms. The molecule has 0 radical (unpaired) electrons. The number of aromatic nitrogens is 2. The Morgan fingerprint density at radius 3 is 2.62 bits per heavy atom. The van der Waals surface area contributed by atoms with Crippen molar-refractivity contribution in [3.63, 3.8) is 0 Å². The molecule has 26 heavy (non-hydrogen) atoms. The van der Waals surface area contributed by atoms with Crippen LogP contribution in [-0.2, 0) is 4.74 Å². The Bertz CT molecular complexity index is 724. The summed E-state index contributed by atoms with van der Waals surface area (Å²) in [5, 5.41) is 10.8. The first kappa shape index (κ1) is 17.9. The van der Waals surface area contributed by atoms with Crippen molar-refractivity contribution in [3.8, 4) is 0 Å². The molecule has 1 N–H and O–H groups in total. The number of furan rings is 1. The molecule has 0 aromatic carbocycles. The SMILES string of the molecule is COCCNC(=O)c1ccc(N2CCN(C(=O)c3ccco3)CC2)nn1. The highest BCUT2D eigenvalue weighted by Gasteiger charge is 2.24. The van der Waals surface area contributed by atoms with Crippen LogP contribution in [0.25, 0.3) is 0 Å². The fraction of sp³-hybridized carbons (Fsp3) is 0.412. The predicted molar refractivity (Wildman–Crippen MR) is 93.1 cm³/mol. The maximum absolute atomic E-state index is 12.3. The number of carbonyl (C=O) groups excluding carboxylic acids is 2. The van der Waals surface area contributed by atoms with Gasteiger partial charge in [0.2, 0.25) is 0 Å². The zero-order valence-electron chi connectivity index (χ0n) is 14.6. The number of nitrogens with one attached hydrogen (secondary N) is 1. The number of nitrogens with zero attached hydrogens (tertiary/aromatic N) is 4. The number of hydrogen-bond donors (Lipinski definition) is 1. The molecule has 0 bridgehead atoms. The number of rotatable bonds is 6. The summed E-state index contributed by atoms with van der Waals surface area (Å²) in [7, 11) is 1.57. The van der Waals surface area contributed by atoms with Crippen molar-refractivity contribution in [2.24, 2.45) is 0 Å². The standard InChI is InChI=1S/C17H21N5O4/c1-25-12-6-18-16(23)13-4-5-15(20-19-13)21-7-9-22(10-8-21)17(24)14-3-2-11-26-14/h2-5,11H,6-10,12H2,1H3,(H,18,23). The van der Waals surface area contributed by atoms with E-state index < -0.39 is 0 Å². The molecule has 0 saturated carbocycles. The zero-order chi connectivity index (χ0) is 18.4. The van der Waals surface area contributed by atoms with Crippen LogP contribution in [0.1, 0.15) is 21.0 Å². The van der Waals surface area contributed by atoms with E-state index in [9.17, 15) is 9.59 Å². The second-order valence-electron chi connectivity index (χ2n) is 5.78. The number of carbonyl (C=O) groups is 2. The van der Waals surface area contributed by atoms with Crippen LogP contribution in [0.4, 0.5) is 5.82 Å². The Hall–Kier alpha value is -2.94. The van der Waals surface area contributed by atoms with Crippen molar-refractivity contribution in [1.82, 2.24) is 20.4 Å². The molecule has 0 unspecified atom stereocenters. The van der Waals surface area contributed by atoms with Crippen molar-refractivity contribution in [2.45, 2.75) is 0 Å². The first-order chi connectivity index (χ1) is 12.7. The van der Waals surface area contributed by atoms with Crippen LogP contribution in [0.2, 0.25) is 0 Å². The molecule has 9 nitrogen and oxygen atoms in total. The molecule has 0 spiro atoms. The van der Waals surface area contributed by atoms with E-state index in [1.165, 1.54) is 6.26 Å². The van der Waals surface area contributed by atoms with Crippen molar-refractivity contribution in [3.05, 3.63) is 42.0 Å². The summed E-state index contributed by atoms with van der Waals surface area (Å²) in [5.41, 5.74) is 0.261. The summed E-state index contributed by atoms with van der Waals surface area (Å²) < 4.78 is 10.0. The minimum absolute atomic E-state index is 0.108. The van der Waals surface area contributed by atoms with Gasteiger partial charge in [-0.25, -0.2) is 0 Å². The van der Waals surface area contributed by atoms with E-state index in [0.717, 1.165) is 0 Å². The highest BCUT2D eigenvalue weighted by molar-refractivity contribution is 5.92. The summed E-state index contributed by atoms with van der Waals surface area (Å²) in [4.78, 5) is 27.9. The number of piperazine rings is 1. The third kappa shape index (κ3) is 4.17. The highest BCUT2D eigenvalue weighted by Crippen LogP contribution is 2.15. The smallest absolute Gasteiger partial charge is 0.289 e. The molecule has 2 amide bonds. The van der Waals surface area contributed by atoms with Crippen molar-refractivity contribution < 1.29 is 18.7 Å². The third-order valence-corrected chi connectivity index (χ3v) is 4.10. The monoisotopic (exact) mass is 359 g/mol.